The Morgan fingerprint density at radius 3 is 2.71 bits per heavy atom. The van der Waals surface area contributed by atoms with E-state index in [1.165, 1.54) is 12.1 Å². The van der Waals surface area contributed by atoms with Crippen molar-refractivity contribution in [3.05, 3.63) is 29.6 Å². The summed E-state index contributed by atoms with van der Waals surface area (Å²) >= 11 is 0. The maximum absolute atomic E-state index is 13.8. The van der Waals surface area contributed by atoms with Gasteiger partial charge in [-0.25, -0.2) is 9.18 Å². The molecule has 0 saturated carbocycles. The van der Waals surface area contributed by atoms with Crippen LogP contribution in [-0.4, -0.2) is 39.6 Å². The number of carbonyl (C=O) groups excluding carboxylic acids is 1. The standard InChI is InChI=1S/C15H18FNO4/c1-2-9-6-7-17(11(8-9)15(20)21)14(19)13-10(16)4-3-5-12(13)18/h3-5,9,11,18H,2,6-8H2,1H3,(H,20,21). The molecule has 2 N–H and O–H groups in total. The Morgan fingerprint density at radius 1 is 1.43 bits per heavy atom. The number of nitrogens with zero attached hydrogens (tertiary/aromatic N) is 1. The van der Waals surface area contributed by atoms with E-state index in [-0.39, 0.29) is 12.5 Å². The number of aromatic hydroxyl groups is 1. The summed E-state index contributed by atoms with van der Waals surface area (Å²) in [6.07, 6.45) is 1.88. The molecule has 2 rings (SSSR count). The Balaban J connectivity index is 2.31. The third kappa shape index (κ3) is 2.99. The lowest BCUT2D eigenvalue weighted by molar-refractivity contribution is -0.144. The zero-order valence-electron chi connectivity index (χ0n) is 11.8. The number of carboxylic acid groups (broad SMARTS) is 1. The molecular weight excluding hydrogens is 277 g/mol. The van der Waals surface area contributed by atoms with E-state index in [1.54, 1.807) is 0 Å². The first-order valence-electron chi connectivity index (χ1n) is 6.97. The number of phenolic OH excluding ortho intramolecular Hbond substituents is 1. The third-order valence-corrected chi connectivity index (χ3v) is 4.04. The second-order valence-electron chi connectivity index (χ2n) is 5.29. The number of hydrogen-bond acceptors (Lipinski definition) is 3. The monoisotopic (exact) mass is 295 g/mol. The van der Waals surface area contributed by atoms with E-state index >= 15 is 0 Å². The number of rotatable bonds is 3. The number of likely N-dealkylation sites (tertiary alicyclic amines) is 1. The summed E-state index contributed by atoms with van der Waals surface area (Å²) in [6, 6.07) is 2.60. The minimum absolute atomic E-state index is 0.240. The van der Waals surface area contributed by atoms with E-state index in [0.29, 0.717) is 12.8 Å². The van der Waals surface area contributed by atoms with Gasteiger partial charge in [0.1, 0.15) is 23.2 Å². The number of carboxylic acids is 1. The molecule has 1 aromatic carbocycles. The molecule has 2 atom stereocenters. The van der Waals surface area contributed by atoms with Gasteiger partial charge in [0.2, 0.25) is 0 Å². The molecule has 6 heteroatoms. The van der Waals surface area contributed by atoms with Gasteiger partial charge in [-0.3, -0.25) is 4.79 Å². The average molecular weight is 295 g/mol. The fourth-order valence-electron chi connectivity index (χ4n) is 2.75. The van der Waals surface area contributed by atoms with E-state index in [2.05, 4.69) is 0 Å². The van der Waals surface area contributed by atoms with Gasteiger partial charge in [0.25, 0.3) is 5.91 Å². The van der Waals surface area contributed by atoms with Gasteiger partial charge in [-0.1, -0.05) is 19.4 Å². The number of aliphatic carboxylic acids is 1. The zero-order chi connectivity index (χ0) is 15.6. The maximum atomic E-state index is 13.8. The average Bonchev–Trinajstić information content (AvgIpc) is 2.46. The first-order chi connectivity index (χ1) is 9.95. The summed E-state index contributed by atoms with van der Waals surface area (Å²) in [5, 5.41) is 19.0. The van der Waals surface area contributed by atoms with Crippen molar-refractivity contribution in [2.45, 2.75) is 32.2 Å². The lowest BCUT2D eigenvalue weighted by atomic mass is 9.88. The van der Waals surface area contributed by atoms with Crippen LogP contribution in [0.5, 0.6) is 5.75 Å². The smallest absolute Gasteiger partial charge is 0.326 e. The summed E-state index contributed by atoms with van der Waals surface area (Å²) in [5.74, 6) is -2.95. The molecule has 1 aliphatic heterocycles. The van der Waals surface area contributed by atoms with Crippen molar-refractivity contribution in [3.8, 4) is 5.75 Å². The Morgan fingerprint density at radius 2 is 2.14 bits per heavy atom. The van der Waals surface area contributed by atoms with Gasteiger partial charge in [0.05, 0.1) is 0 Å². The lowest BCUT2D eigenvalue weighted by Gasteiger charge is -2.37. The molecule has 114 valence electrons. The van der Waals surface area contributed by atoms with Gasteiger partial charge in [-0.05, 0) is 30.9 Å². The number of benzene rings is 1. The lowest BCUT2D eigenvalue weighted by Crippen LogP contribution is -2.50. The van der Waals surface area contributed by atoms with Gasteiger partial charge >= 0.3 is 5.97 Å². The molecule has 0 bridgehead atoms. The van der Waals surface area contributed by atoms with Crippen LogP contribution < -0.4 is 0 Å². The second kappa shape index (κ2) is 6.11. The number of piperidine rings is 1. The molecule has 1 fully saturated rings. The Hall–Kier alpha value is -2.11. The summed E-state index contributed by atoms with van der Waals surface area (Å²) in [4.78, 5) is 24.9. The highest BCUT2D eigenvalue weighted by molar-refractivity contribution is 5.99. The van der Waals surface area contributed by atoms with Crippen LogP contribution in [-0.2, 0) is 4.79 Å². The number of halogens is 1. The van der Waals surface area contributed by atoms with Crippen molar-refractivity contribution in [3.63, 3.8) is 0 Å². The fraction of sp³-hybridized carbons (Fsp3) is 0.467. The molecule has 1 amide bonds. The molecule has 2 unspecified atom stereocenters. The molecule has 0 aromatic heterocycles. The van der Waals surface area contributed by atoms with Crippen LogP contribution >= 0.6 is 0 Å². The number of phenols is 1. The highest BCUT2D eigenvalue weighted by atomic mass is 19.1. The van der Waals surface area contributed by atoms with Crippen LogP contribution in [0, 0.1) is 11.7 Å². The summed E-state index contributed by atoms with van der Waals surface area (Å²) in [7, 11) is 0. The van der Waals surface area contributed by atoms with E-state index in [1.807, 2.05) is 6.92 Å². The van der Waals surface area contributed by atoms with Gasteiger partial charge in [0.15, 0.2) is 0 Å². The fourth-order valence-corrected chi connectivity index (χ4v) is 2.75. The van der Waals surface area contributed by atoms with Crippen molar-refractivity contribution in [1.29, 1.82) is 0 Å². The Labute approximate surface area is 122 Å². The first-order valence-corrected chi connectivity index (χ1v) is 6.97. The van der Waals surface area contributed by atoms with Crippen LogP contribution in [0.1, 0.15) is 36.5 Å². The van der Waals surface area contributed by atoms with Crippen molar-refractivity contribution in [1.82, 2.24) is 4.90 Å². The number of hydrogen-bond donors (Lipinski definition) is 2. The largest absolute Gasteiger partial charge is 0.507 e. The predicted molar refractivity (Wildman–Crippen MR) is 73.5 cm³/mol. The summed E-state index contributed by atoms with van der Waals surface area (Å²) < 4.78 is 13.8. The molecule has 0 spiro atoms. The topological polar surface area (TPSA) is 77.8 Å². The zero-order valence-corrected chi connectivity index (χ0v) is 11.8. The minimum Gasteiger partial charge on any atom is -0.507 e. The maximum Gasteiger partial charge on any atom is 0.326 e. The molecule has 1 aliphatic rings. The number of amides is 1. The van der Waals surface area contributed by atoms with Crippen LogP contribution in [0.15, 0.2) is 18.2 Å². The normalized spacial score (nSPS) is 22.1. The molecule has 1 saturated heterocycles. The van der Waals surface area contributed by atoms with Gasteiger partial charge in [0, 0.05) is 6.54 Å². The first kappa shape index (κ1) is 15.3. The van der Waals surface area contributed by atoms with E-state index in [9.17, 15) is 24.2 Å². The highest BCUT2D eigenvalue weighted by Gasteiger charge is 2.37. The van der Waals surface area contributed by atoms with Crippen molar-refractivity contribution in [2.75, 3.05) is 6.54 Å². The third-order valence-electron chi connectivity index (χ3n) is 4.04. The van der Waals surface area contributed by atoms with Gasteiger partial charge in [-0.2, -0.15) is 0 Å². The van der Waals surface area contributed by atoms with Crippen LogP contribution in [0.2, 0.25) is 0 Å². The van der Waals surface area contributed by atoms with E-state index < -0.39 is 35.0 Å². The van der Waals surface area contributed by atoms with Gasteiger partial charge in [-0.15, -0.1) is 0 Å². The summed E-state index contributed by atoms with van der Waals surface area (Å²) in [6.45, 7) is 2.23. The Kier molecular flexibility index (Phi) is 4.45. The SMILES string of the molecule is CCC1CCN(C(=O)c2c(O)cccc2F)C(C(=O)O)C1. The second-order valence-corrected chi connectivity index (χ2v) is 5.29. The molecule has 1 aromatic rings. The van der Waals surface area contributed by atoms with Crippen LogP contribution in [0.25, 0.3) is 0 Å². The predicted octanol–water partition coefficient (Wildman–Crippen LogP) is 2.25. The van der Waals surface area contributed by atoms with Crippen molar-refractivity contribution < 1.29 is 24.2 Å². The van der Waals surface area contributed by atoms with E-state index in [0.717, 1.165) is 17.4 Å². The quantitative estimate of drug-likeness (QED) is 0.896. The molecular formula is C15H18FNO4. The molecule has 5 nitrogen and oxygen atoms in total. The highest BCUT2D eigenvalue weighted by Crippen LogP contribution is 2.29. The molecule has 21 heavy (non-hydrogen) atoms. The molecule has 1 heterocycles. The Bertz CT molecular complexity index is 540. The van der Waals surface area contributed by atoms with Crippen molar-refractivity contribution >= 4 is 11.9 Å². The minimum atomic E-state index is -1.10. The molecule has 0 radical (unpaired) electrons. The van der Waals surface area contributed by atoms with E-state index in [4.69, 9.17) is 0 Å². The van der Waals surface area contributed by atoms with Crippen LogP contribution in [0.3, 0.4) is 0 Å². The molecule has 0 aliphatic carbocycles. The number of carbonyl (C=O) groups is 2. The summed E-state index contributed by atoms with van der Waals surface area (Å²) in [5.41, 5.74) is -0.460. The van der Waals surface area contributed by atoms with Gasteiger partial charge < -0.3 is 15.1 Å². The van der Waals surface area contributed by atoms with Crippen molar-refractivity contribution in [2.24, 2.45) is 5.92 Å². The van der Waals surface area contributed by atoms with Crippen LogP contribution in [0.4, 0.5) is 4.39 Å².